The van der Waals surface area contributed by atoms with E-state index in [2.05, 4.69) is 82.8 Å². The maximum Gasteiger partial charge on any atom is 0.0519 e. The van der Waals surface area contributed by atoms with Crippen molar-refractivity contribution in [2.24, 2.45) is 0 Å². The molecule has 2 rings (SSSR count). The van der Waals surface area contributed by atoms with Crippen LogP contribution in [-0.4, -0.2) is 13.1 Å². The van der Waals surface area contributed by atoms with Crippen molar-refractivity contribution >= 4 is 33.0 Å². The van der Waals surface area contributed by atoms with E-state index in [1.807, 2.05) is 0 Å². The summed E-state index contributed by atoms with van der Waals surface area (Å²) in [5.74, 6) is 0. The Kier molecular flexibility index (Phi) is 5.64. The number of thiophene rings is 1. The van der Waals surface area contributed by atoms with Gasteiger partial charge in [-0.05, 0) is 45.1 Å². The van der Waals surface area contributed by atoms with Gasteiger partial charge in [-0.25, -0.2) is 0 Å². The third kappa shape index (κ3) is 4.33. The summed E-state index contributed by atoms with van der Waals surface area (Å²) in [6, 6.07) is 11.4. The Labute approximate surface area is 133 Å². The maximum atomic E-state index is 3.69. The SMILES string of the molecule is CC(C)NCc1ccc(N(C)Cc2cccs2)c(Br)c1. The van der Waals surface area contributed by atoms with Gasteiger partial charge in [-0.1, -0.05) is 26.0 Å². The largest absolute Gasteiger partial charge is 0.369 e. The first kappa shape index (κ1) is 15.5. The monoisotopic (exact) mass is 352 g/mol. The molecule has 0 aliphatic carbocycles. The topological polar surface area (TPSA) is 15.3 Å². The van der Waals surface area contributed by atoms with Gasteiger partial charge in [0.25, 0.3) is 0 Å². The molecule has 0 amide bonds. The second-order valence-electron chi connectivity index (χ2n) is 5.26. The van der Waals surface area contributed by atoms with Gasteiger partial charge in [0.1, 0.15) is 0 Å². The highest BCUT2D eigenvalue weighted by Crippen LogP contribution is 2.28. The second-order valence-corrected chi connectivity index (χ2v) is 7.14. The molecular formula is C16H21BrN2S. The Morgan fingerprint density at radius 3 is 2.70 bits per heavy atom. The molecule has 1 N–H and O–H groups in total. The fourth-order valence-electron chi connectivity index (χ4n) is 2.01. The molecule has 0 atom stereocenters. The lowest BCUT2D eigenvalue weighted by Gasteiger charge is -2.21. The summed E-state index contributed by atoms with van der Waals surface area (Å²) in [5.41, 5.74) is 2.53. The van der Waals surface area contributed by atoms with Gasteiger partial charge in [0, 0.05) is 29.0 Å². The fourth-order valence-corrected chi connectivity index (χ4v) is 3.50. The highest BCUT2D eigenvalue weighted by molar-refractivity contribution is 9.10. The molecule has 4 heteroatoms. The quantitative estimate of drug-likeness (QED) is 0.814. The molecule has 1 aromatic heterocycles. The van der Waals surface area contributed by atoms with Crippen LogP contribution in [0.1, 0.15) is 24.3 Å². The molecule has 0 radical (unpaired) electrons. The Morgan fingerprint density at radius 1 is 1.30 bits per heavy atom. The van der Waals surface area contributed by atoms with Crippen LogP contribution in [-0.2, 0) is 13.1 Å². The van der Waals surface area contributed by atoms with Gasteiger partial charge in [0.05, 0.1) is 12.2 Å². The van der Waals surface area contributed by atoms with E-state index in [0.717, 1.165) is 17.6 Å². The smallest absolute Gasteiger partial charge is 0.0519 e. The molecule has 0 saturated heterocycles. The molecule has 0 aliphatic heterocycles. The average Bonchev–Trinajstić information content (AvgIpc) is 2.89. The molecule has 0 saturated carbocycles. The van der Waals surface area contributed by atoms with Crippen molar-refractivity contribution in [3.05, 3.63) is 50.6 Å². The molecule has 1 heterocycles. The number of halogens is 1. The highest BCUT2D eigenvalue weighted by atomic mass is 79.9. The van der Waals surface area contributed by atoms with Gasteiger partial charge in [-0.15, -0.1) is 11.3 Å². The van der Waals surface area contributed by atoms with Crippen LogP contribution in [0, 0.1) is 0 Å². The van der Waals surface area contributed by atoms with E-state index >= 15 is 0 Å². The van der Waals surface area contributed by atoms with Crippen LogP contribution in [0.5, 0.6) is 0 Å². The van der Waals surface area contributed by atoms with Gasteiger partial charge in [-0.3, -0.25) is 0 Å². The van der Waals surface area contributed by atoms with E-state index in [1.54, 1.807) is 11.3 Å². The van der Waals surface area contributed by atoms with Crippen molar-refractivity contribution < 1.29 is 0 Å². The van der Waals surface area contributed by atoms with Gasteiger partial charge >= 0.3 is 0 Å². The predicted molar refractivity (Wildman–Crippen MR) is 92.5 cm³/mol. The summed E-state index contributed by atoms with van der Waals surface area (Å²) in [5, 5.41) is 5.57. The molecule has 0 aliphatic rings. The van der Waals surface area contributed by atoms with Crippen molar-refractivity contribution in [2.75, 3.05) is 11.9 Å². The minimum atomic E-state index is 0.509. The van der Waals surface area contributed by atoms with Crippen LogP contribution < -0.4 is 10.2 Å². The molecule has 2 nitrogen and oxygen atoms in total. The van der Waals surface area contributed by atoms with Crippen molar-refractivity contribution in [2.45, 2.75) is 33.0 Å². The summed E-state index contributed by atoms with van der Waals surface area (Å²) in [7, 11) is 2.13. The molecule has 0 bridgehead atoms. The molecule has 2 aromatic rings. The van der Waals surface area contributed by atoms with Gasteiger partial charge in [-0.2, -0.15) is 0 Å². The molecule has 0 unspecified atom stereocenters. The van der Waals surface area contributed by atoms with E-state index in [0.29, 0.717) is 6.04 Å². The zero-order valence-electron chi connectivity index (χ0n) is 12.2. The van der Waals surface area contributed by atoms with E-state index in [4.69, 9.17) is 0 Å². The second kappa shape index (κ2) is 7.25. The van der Waals surface area contributed by atoms with Crippen LogP contribution >= 0.6 is 27.3 Å². The van der Waals surface area contributed by atoms with E-state index < -0.39 is 0 Å². The third-order valence-corrected chi connectivity index (χ3v) is 4.61. The first-order chi connectivity index (χ1) is 9.56. The number of benzene rings is 1. The Hall–Kier alpha value is -0.840. The standard InChI is InChI=1S/C16H21BrN2S/c1-12(2)18-10-13-6-7-16(15(17)9-13)19(3)11-14-5-4-8-20-14/h4-9,12,18H,10-11H2,1-3H3. The lowest BCUT2D eigenvalue weighted by atomic mass is 10.2. The normalized spacial score (nSPS) is 11.1. The maximum absolute atomic E-state index is 3.69. The fraction of sp³-hybridized carbons (Fsp3) is 0.375. The minimum absolute atomic E-state index is 0.509. The first-order valence-electron chi connectivity index (χ1n) is 6.81. The molecular weight excluding hydrogens is 332 g/mol. The molecule has 0 fully saturated rings. The highest BCUT2D eigenvalue weighted by Gasteiger charge is 2.08. The van der Waals surface area contributed by atoms with Gasteiger partial charge in [0.15, 0.2) is 0 Å². The first-order valence-corrected chi connectivity index (χ1v) is 8.49. The number of anilines is 1. The van der Waals surface area contributed by atoms with E-state index in [9.17, 15) is 0 Å². The predicted octanol–water partition coefficient (Wildman–Crippen LogP) is 4.65. The molecule has 20 heavy (non-hydrogen) atoms. The van der Waals surface area contributed by atoms with Crippen molar-refractivity contribution in [1.29, 1.82) is 0 Å². The average molecular weight is 353 g/mol. The van der Waals surface area contributed by atoms with Crippen LogP contribution in [0.15, 0.2) is 40.2 Å². The zero-order chi connectivity index (χ0) is 14.5. The summed E-state index contributed by atoms with van der Waals surface area (Å²) in [6.07, 6.45) is 0. The van der Waals surface area contributed by atoms with Crippen molar-refractivity contribution in [3.63, 3.8) is 0 Å². The van der Waals surface area contributed by atoms with Crippen molar-refractivity contribution in [3.8, 4) is 0 Å². The minimum Gasteiger partial charge on any atom is -0.369 e. The third-order valence-electron chi connectivity index (χ3n) is 3.11. The summed E-state index contributed by atoms with van der Waals surface area (Å²) >= 11 is 5.49. The number of rotatable bonds is 6. The molecule has 108 valence electrons. The van der Waals surface area contributed by atoms with Gasteiger partial charge < -0.3 is 10.2 Å². The van der Waals surface area contributed by atoms with E-state index in [1.165, 1.54) is 16.1 Å². The Balaban J connectivity index is 2.05. The van der Waals surface area contributed by atoms with Gasteiger partial charge in [0.2, 0.25) is 0 Å². The Bertz CT molecular complexity index is 537. The number of nitrogens with one attached hydrogen (secondary N) is 1. The number of hydrogen-bond donors (Lipinski definition) is 1. The number of nitrogens with zero attached hydrogens (tertiary/aromatic N) is 1. The van der Waals surface area contributed by atoms with E-state index in [-0.39, 0.29) is 0 Å². The zero-order valence-corrected chi connectivity index (χ0v) is 14.6. The lowest BCUT2D eigenvalue weighted by Crippen LogP contribution is -2.22. The summed E-state index contributed by atoms with van der Waals surface area (Å²) in [4.78, 5) is 3.65. The lowest BCUT2D eigenvalue weighted by molar-refractivity contribution is 0.589. The van der Waals surface area contributed by atoms with Crippen LogP contribution in [0.3, 0.4) is 0 Å². The summed E-state index contributed by atoms with van der Waals surface area (Å²) in [6.45, 7) is 6.18. The van der Waals surface area contributed by atoms with Crippen LogP contribution in [0.2, 0.25) is 0 Å². The van der Waals surface area contributed by atoms with Crippen LogP contribution in [0.25, 0.3) is 0 Å². The number of hydrogen-bond acceptors (Lipinski definition) is 3. The molecule has 1 aromatic carbocycles. The van der Waals surface area contributed by atoms with Crippen molar-refractivity contribution in [1.82, 2.24) is 5.32 Å². The summed E-state index contributed by atoms with van der Waals surface area (Å²) < 4.78 is 1.15. The molecule has 0 spiro atoms. The van der Waals surface area contributed by atoms with Crippen LogP contribution in [0.4, 0.5) is 5.69 Å². The Morgan fingerprint density at radius 2 is 2.10 bits per heavy atom.